The standard InChI is InChI=1S/C12H27NO3S/c1-5-12(6-2)13-10-11(3)17(14,15)9-7-8-16-4/h11-13H,5-10H2,1-4H3. The summed E-state index contributed by atoms with van der Waals surface area (Å²) in [6.07, 6.45) is 2.65. The van der Waals surface area contributed by atoms with E-state index in [-0.39, 0.29) is 11.0 Å². The average Bonchev–Trinajstić information content (AvgIpc) is 2.30. The molecule has 0 amide bonds. The molecule has 0 aromatic carbocycles. The van der Waals surface area contributed by atoms with Crippen LogP contribution in [0, 0.1) is 0 Å². The molecule has 0 aliphatic rings. The minimum Gasteiger partial charge on any atom is -0.385 e. The Morgan fingerprint density at radius 3 is 2.29 bits per heavy atom. The number of sulfone groups is 1. The number of methoxy groups -OCH3 is 1. The molecule has 5 heteroatoms. The van der Waals surface area contributed by atoms with Gasteiger partial charge in [0.05, 0.1) is 11.0 Å². The first kappa shape index (κ1) is 16.9. The number of ether oxygens (including phenoxy) is 1. The van der Waals surface area contributed by atoms with Crippen LogP contribution in [-0.2, 0) is 14.6 Å². The molecule has 1 unspecified atom stereocenters. The van der Waals surface area contributed by atoms with Crippen LogP contribution in [0.1, 0.15) is 40.0 Å². The Balaban J connectivity index is 4.06. The zero-order valence-corrected chi connectivity index (χ0v) is 12.3. The number of hydrogen-bond donors (Lipinski definition) is 1. The maximum Gasteiger partial charge on any atom is 0.154 e. The first-order valence-electron chi connectivity index (χ1n) is 6.41. The van der Waals surface area contributed by atoms with Crippen molar-refractivity contribution in [1.29, 1.82) is 0 Å². The van der Waals surface area contributed by atoms with Gasteiger partial charge in [-0.3, -0.25) is 0 Å². The van der Waals surface area contributed by atoms with E-state index in [2.05, 4.69) is 19.2 Å². The molecule has 0 heterocycles. The quantitative estimate of drug-likeness (QED) is 0.610. The van der Waals surface area contributed by atoms with E-state index in [1.54, 1.807) is 14.0 Å². The van der Waals surface area contributed by atoms with Crippen molar-refractivity contribution in [3.05, 3.63) is 0 Å². The van der Waals surface area contributed by atoms with Crippen molar-refractivity contribution in [2.75, 3.05) is 26.0 Å². The highest BCUT2D eigenvalue weighted by Gasteiger charge is 2.20. The molecule has 0 spiro atoms. The van der Waals surface area contributed by atoms with Gasteiger partial charge in [-0.05, 0) is 26.2 Å². The summed E-state index contributed by atoms with van der Waals surface area (Å²) < 4.78 is 28.7. The molecule has 0 radical (unpaired) electrons. The van der Waals surface area contributed by atoms with Gasteiger partial charge >= 0.3 is 0 Å². The summed E-state index contributed by atoms with van der Waals surface area (Å²) in [5, 5.41) is 2.99. The molecule has 1 N–H and O–H groups in total. The summed E-state index contributed by atoms with van der Waals surface area (Å²) in [6, 6.07) is 0.423. The number of nitrogens with one attached hydrogen (secondary N) is 1. The third-order valence-corrected chi connectivity index (χ3v) is 5.32. The van der Waals surface area contributed by atoms with Crippen molar-refractivity contribution in [1.82, 2.24) is 5.32 Å². The molecule has 0 bridgehead atoms. The molecule has 0 rings (SSSR count). The third kappa shape index (κ3) is 7.01. The third-order valence-electron chi connectivity index (χ3n) is 3.07. The van der Waals surface area contributed by atoms with Crippen molar-refractivity contribution in [2.45, 2.75) is 51.3 Å². The lowest BCUT2D eigenvalue weighted by atomic mass is 10.2. The van der Waals surface area contributed by atoms with Crippen LogP contribution in [0.4, 0.5) is 0 Å². The van der Waals surface area contributed by atoms with Gasteiger partial charge in [-0.15, -0.1) is 0 Å². The van der Waals surface area contributed by atoms with E-state index in [4.69, 9.17) is 4.74 Å². The number of hydrogen-bond acceptors (Lipinski definition) is 4. The van der Waals surface area contributed by atoms with Gasteiger partial charge in [-0.2, -0.15) is 0 Å². The van der Waals surface area contributed by atoms with E-state index in [0.717, 1.165) is 12.8 Å². The minimum atomic E-state index is -2.99. The molecule has 0 aromatic rings. The topological polar surface area (TPSA) is 55.4 Å². The maximum atomic E-state index is 11.9. The Bertz CT molecular complexity index is 273. The largest absolute Gasteiger partial charge is 0.385 e. The van der Waals surface area contributed by atoms with Crippen LogP contribution in [0.2, 0.25) is 0 Å². The molecule has 0 saturated carbocycles. The Kier molecular flexibility index (Phi) is 8.82. The van der Waals surface area contributed by atoms with E-state index < -0.39 is 9.84 Å². The fourth-order valence-corrected chi connectivity index (χ4v) is 2.92. The lowest BCUT2D eigenvalue weighted by Gasteiger charge is -2.19. The fraction of sp³-hybridized carbons (Fsp3) is 1.00. The molecular weight excluding hydrogens is 238 g/mol. The van der Waals surface area contributed by atoms with Gasteiger partial charge < -0.3 is 10.1 Å². The van der Waals surface area contributed by atoms with Gasteiger partial charge in [0.25, 0.3) is 0 Å². The summed E-state index contributed by atoms with van der Waals surface area (Å²) in [4.78, 5) is 0. The van der Waals surface area contributed by atoms with E-state index in [1.807, 2.05) is 0 Å². The first-order chi connectivity index (χ1) is 7.97. The molecule has 4 nitrogen and oxygen atoms in total. The zero-order valence-electron chi connectivity index (χ0n) is 11.5. The van der Waals surface area contributed by atoms with Gasteiger partial charge in [-0.1, -0.05) is 13.8 Å². The zero-order chi connectivity index (χ0) is 13.3. The second-order valence-electron chi connectivity index (χ2n) is 4.45. The lowest BCUT2D eigenvalue weighted by Crippen LogP contribution is -2.38. The molecular formula is C12H27NO3S. The smallest absolute Gasteiger partial charge is 0.154 e. The maximum absolute atomic E-state index is 11.9. The van der Waals surface area contributed by atoms with Crippen molar-refractivity contribution in [3.8, 4) is 0 Å². The molecule has 0 fully saturated rings. The van der Waals surface area contributed by atoms with Crippen molar-refractivity contribution in [2.24, 2.45) is 0 Å². The van der Waals surface area contributed by atoms with Gasteiger partial charge in [0.15, 0.2) is 9.84 Å². The number of rotatable bonds is 10. The highest BCUT2D eigenvalue weighted by Crippen LogP contribution is 2.05. The average molecular weight is 265 g/mol. The SMILES string of the molecule is CCC(CC)NCC(C)S(=O)(=O)CCCOC. The molecule has 0 aromatic heterocycles. The van der Waals surface area contributed by atoms with E-state index in [0.29, 0.717) is 25.6 Å². The van der Waals surface area contributed by atoms with E-state index in [9.17, 15) is 8.42 Å². The fourth-order valence-electron chi connectivity index (χ4n) is 1.64. The highest BCUT2D eigenvalue weighted by atomic mass is 32.2. The summed E-state index contributed by atoms with van der Waals surface area (Å²) in [7, 11) is -1.40. The van der Waals surface area contributed by atoms with Gasteiger partial charge in [-0.25, -0.2) is 8.42 Å². The Hall–Kier alpha value is -0.130. The summed E-state index contributed by atoms with van der Waals surface area (Å²) in [6.45, 7) is 7.04. The summed E-state index contributed by atoms with van der Waals surface area (Å²) in [5.41, 5.74) is 0. The second kappa shape index (κ2) is 8.89. The van der Waals surface area contributed by atoms with Gasteiger partial charge in [0, 0.05) is 26.3 Å². The van der Waals surface area contributed by atoms with Crippen molar-refractivity contribution in [3.63, 3.8) is 0 Å². The van der Waals surface area contributed by atoms with Crippen molar-refractivity contribution >= 4 is 9.84 Å². The van der Waals surface area contributed by atoms with Crippen LogP contribution in [0.3, 0.4) is 0 Å². The minimum absolute atomic E-state index is 0.215. The molecule has 1 atom stereocenters. The molecule has 17 heavy (non-hydrogen) atoms. The lowest BCUT2D eigenvalue weighted by molar-refractivity contribution is 0.199. The predicted molar refractivity (Wildman–Crippen MR) is 72.1 cm³/mol. The van der Waals surface area contributed by atoms with Crippen LogP contribution >= 0.6 is 0 Å². The normalized spacial score (nSPS) is 14.2. The summed E-state index contributed by atoms with van der Waals surface area (Å²) in [5.74, 6) is 0.215. The van der Waals surface area contributed by atoms with Gasteiger partial charge in [0.2, 0.25) is 0 Å². The Morgan fingerprint density at radius 2 is 1.82 bits per heavy atom. The van der Waals surface area contributed by atoms with Crippen molar-refractivity contribution < 1.29 is 13.2 Å². The van der Waals surface area contributed by atoms with Crippen LogP contribution in [-0.4, -0.2) is 45.7 Å². The first-order valence-corrected chi connectivity index (χ1v) is 8.13. The molecule has 0 aliphatic heterocycles. The van der Waals surface area contributed by atoms with E-state index in [1.165, 1.54) is 0 Å². The highest BCUT2D eigenvalue weighted by molar-refractivity contribution is 7.92. The summed E-state index contributed by atoms with van der Waals surface area (Å²) >= 11 is 0. The van der Waals surface area contributed by atoms with Crippen LogP contribution in [0.5, 0.6) is 0 Å². The second-order valence-corrected chi connectivity index (χ2v) is 6.98. The van der Waals surface area contributed by atoms with Crippen LogP contribution in [0.15, 0.2) is 0 Å². The molecule has 104 valence electrons. The van der Waals surface area contributed by atoms with Crippen LogP contribution in [0.25, 0.3) is 0 Å². The van der Waals surface area contributed by atoms with Crippen LogP contribution < -0.4 is 5.32 Å². The molecule has 0 saturated heterocycles. The monoisotopic (exact) mass is 265 g/mol. The predicted octanol–water partition coefficient (Wildman–Crippen LogP) is 1.60. The Morgan fingerprint density at radius 1 is 1.24 bits per heavy atom. The van der Waals surface area contributed by atoms with Gasteiger partial charge in [0.1, 0.15) is 0 Å². The molecule has 0 aliphatic carbocycles. The van der Waals surface area contributed by atoms with E-state index >= 15 is 0 Å². The Labute approximate surface area is 106 Å².